The Balaban J connectivity index is 0. The molecule has 1 amide bonds. The molecule has 2 N–H and O–H groups in total. The largest absolute Gasteiger partial charge is 0.370 e. The Bertz CT molecular complexity index is 181. The van der Waals surface area contributed by atoms with Crippen molar-refractivity contribution in [3.8, 4) is 0 Å². The molecule has 0 fully saturated rings. The van der Waals surface area contributed by atoms with Crippen molar-refractivity contribution >= 4 is 5.91 Å². The number of amides is 1. The standard InChI is InChI=1S/C10H23N3O.C2H6/c1-8(2)13(5)9(6-10(11)14)7-12(3)4;1-2/h8-9H,6-7H2,1-5H3,(H2,11,14);1-2H3. The highest BCUT2D eigenvalue weighted by Crippen LogP contribution is 2.07. The summed E-state index contributed by atoms with van der Waals surface area (Å²) in [6.07, 6.45) is 0.423. The Kier molecular flexibility index (Phi) is 10.7. The van der Waals surface area contributed by atoms with Crippen molar-refractivity contribution in [3.05, 3.63) is 0 Å². The highest BCUT2D eigenvalue weighted by atomic mass is 16.1. The minimum atomic E-state index is -0.232. The summed E-state index contributed by atoms with van der Waals surface area (Å²) in [5, 5.41) is 0. The Hall–Kier alpha value is -0.610. The van der Waals surface area contributed by atoms with E-state index in [2.05, 4.69) is 23.6 Å². The van der Waals surface area contributed by atoms with Gasteiger partial charge in [-0.2, -0.15) is 0 Å². The van der Waals surface area contributed by atoms with Gasteiger partial charge < -0.3 is 10.6 Å². The molecule has 4 nitrogen and oxygen atoms in total. The first-order valence-corrected chi connectivity index (χ1v) is 5.99. The van der Waals surface area contributed by atoms with Crippen LogP contribution in [-0.2, 0) is 4.79 Å². The van der Waals surface area contributed by atoms with Gasteiger partial charge in [0.05, 0.1) is 0 Å². The maximum Gasteiger partial charge on any atom is 0.219 e. The Morgan fingerprint density at radius 2 is 1.62 bits per heavy atom. The molecule has 0 aromatic heterocycles. The van der Waals surface area contributed by atoms with Crippen LogP contribution < -0.4 is 5.73 Å². The highest BCUT2D eigenvalue weighted by Gasteiger charge is 2.19. The van der Waals surface area contributed by atoms with Crippen LogP contribution >= 0.6 is 0 Å². The molecule has 0 aliphatic carbocycles. The number of primary amides is 1. The van der Waals surface area contributed by atoms with Crippen LogP contribution in [0.4, 0.5) is 0 Å². The molecule has 0 aromatic rings. The van der Waals surface area contributed by atoms with Crippen molar-refractivity contribution in [2.75, 3.05) is 27.7 Å². The van der Waals surface area contributed by atoms with Crippen molar-refractivity contribution in [1.29, 1.82) is 0 Å². The van der Waals surface area contributed by atoms with Gasteiger partial charge in [-0.05, 0) is 35.0 Å². The molecule has 0 saturated heterocycles. The van der Waals surface area contributed by atoms with E-state index in [0.717, 1.165) is 6.54 Å². The number of likely N-dealkylation sites (N-methyl/N-ethyl adjacent to an activating group) is 2. The SMILES string of the molecule is CC.CC(C)N(C)C(CC(N)=O)CN(C)C. The van der Waals surface area contributed by atoms with Crippen LogP contribution in [0.25, 0.3) is 0 Å². The lowest BCUT2D eigenvalue weighted by atomic mass is 10.1. The van der Waals surface area contributed by atoms with Gasteiger partial charge >= 0.3 is 0 Å². The first kappa shape index (κ1) is 17.8. The monoisotopic (exact) mass is 231 g/mol. The number of nitrogens with zero attached hydrogens (tertiary/aromatic N) is 2. The van der Waals surface area contributed by atoms with Crippen molar-refractivity contribution in [1.82, 2.24) is 9.80 Å². The van der Waals surface area contributed by atoms with Gasteiger partial charge in [0.1, 0.15) is 0 Å². The second kappa shape index (κ2) is 9.60. The molecule has 1 unspecified atom stereocenters. The molecule has 0 aliphatic heterocycles. The molecule has 0 bridgehead atoms. The van der Waals surface area contributed by atoms with E-state index in [9.17, 15) is 4.79 Å². The normalized spacial score (nSPS) is 12.6. The molecular weight excluding hydrogens is 202 g/mol. The first-order valence-electron chi connectivity index (χ1n) is 5.99. The molecule has 4 heteroatoms. The van der Waals surface area contributed by atoms with E-state index < -0.39 is 0 Å². The quantitative estimate of drug-likeness (QED) is 0.746. The van der Waals surface area contributed by atoms with Gasteiger partial charge in [-0.15, -0.1) is 0 Å². The lowest BCUT2D eigenvalue weighted by molar-refractivity contribution is -0.119. The van der Waals surface area contributed by atoms with Crippen LogP contribution in [0, 0.1) is 0 Å². The predicted molar refractivity (Wildman–Crippen MR) is 70.4 cm³/mol. The van der Waals surface area contributed by atoms with Gasteiger partial charge in [0.15, 0.2) is 0 Å². The fourth-order valence-corrected chi connectivity index (χ4v) is 1.41. The second-order valence-electron chi connectivity index (χ2n) is 4.35. The molecule has 0 aliphatic rings. The zero-order valence-electron chi connectivity index (χ0n) is 11.9. The topological polar surface area (TPSA) is 49.6 Å². The average molecular weight is 231 g/mol. The average Bonchev–Trinajstić information content (AvgIpc) is 2.17. The minimum absolute atomic E-state index is 0.211. The third kappa shape index (κ3) is 8.68. The Labute approximate surface area is 101 Å². The smallest absolute Gasteiger partial charge is 0.219 e. The van der Waals surface area contributed by atoms with Crippen LogP contribution in [0.5, 0.6) is 0 Å². The van der Waals surface area contributed by atoms with Gasteiger partial charge in [0.25, 0.3) is 0 Å². The van der Waals surface area contributed by atoms with Crippen LogP contribution in [0.1, 0.15) is 34.1 Å². The van der Waals surface area contributed by atoms with E-state index in [1.54, 1.807) is 0 Å². The summed E-state index contributed by atoms with van der Waals surface area (Å²) in [6.45, 7) is 9.09. The van der Waals surface area contributed by atoms with Gasteiger partial charge in [-0.25, -0.2) is 0 Å². The van der Waals surface area contributed by atoms with E-state index in [1.165, 1.54) is 0 Å². The Morgan fingerprint density at radius 1 is 1.19 bits per heavy atom. The Morgan fingerprint density at radius 3 is 1.88 bits per heavy atom. The number of carbonyl (C=O) groups excluding carboxylic acids is 1. The van der Waals surface area contributed by atoms with Gasteiger partial charge in [-0.3, -0.25) is 9.69 Å². The maximum atomic E-state index is 10.9. The zero-order valence-corrected chi connectivity index (χ0v) is 11.9. The molecule has 0 saturated carbocycles. The fraction of sp³-hybridized carbons (Fsp3) is 0.917. The zero-order chi connectivity index (χ0) is 13.3. The highest BCUT2D eigenvalue weighted by molar-refractivity contribution is 5.74. The maximum absolute atomic E-state index is 10.9. The van der Waals surface area contributed by atoms with E-state index >= 15 is 0 Å². The third-order valence-electron chi connectivity index (χ3n) is 2.40. The van der Waals surface area contributed by atoms with E-state index in [-0.39, 0.29) is 11.9 Å². The summed E-state index contributed by atoms with van der Waals surface area (Å²) >= 11 is 0. The van der Waals surface area contributed by atoms with E-state index in [1.807, 2.05) is 35.0 Å². The lowest BCUT2D eigenvalue weighted by Gasteiger charge is -2.32. The van der Waals surface area contributed by atoms with E-state index in [0.29, 0.717) is 12.5 Å². The summed E-state index contributed by atoms with van der Waals surface area (Å²) in [5.41, 5.74) is 5.22. The number of rotatable bonds is 6. The molecule has 0 heterocycles. The van der Waals surface area contributed by atoms with Crippen molar-refractivity contribution in [3.63, 3.8) is 0 Å². The van der Waals surface area contributed by atoms with Crippen LogP contribution in [-0.4, -0.2) is 55.5 Å². The van der Waals surface area contributed by atoms with Gasteiger partial charge in [0, 0.05) is 25.0 Å². The molecule has 0 aromatic carbocycles. The molecular formula is C12H29N3O. The van der Waals surface area contributed by atoms with Crippen molar-refractivity contribution < 1.29 is 4.79 Å². The lowest BCUT2D eigenvalue weighted by Crippen LogP contribution is -2.45. The fourth-order valence-electron chi connectivity index (χ4n) is 1.41. The first-order chi connectivity index (χ1) is 7.34. The molecule has 16 heavy (non-hydrogen) atoms. The summed E-state index contributed by atoms with van der Waals surface area (Å²) < 4.78 is 0. The number of hydrogen-bond donors (Lipinski definition) is 1. The molecule has 0 spiro atoms. The minimum Gasteiger partial charge on any atom is -0.370 e. The van der Waals surface area contributed by atoms with Crippen LogP contribution in [0.3, 0.4) is 0 Å². The van der Waals surface area contributed by atoms with Crippen LogP contribution in [0.15, 0.2) is 0 Å². The van der Waals surface area contributed by atoms with Gasteiger partial charge in [-0.1, -0.05) is 13.8 Å². The third-order valence-corrected chi connectivity index (χ3v) is 2.40. The second-order valence-corrected chi connectivity index (χ2v) is 4.35. The molecule has 98 valence electrons. The predicted octanol–water partition coefficient (Wildman–Crippen LogP) is 1.16. The number of nitrogens with two attached hydrogens (primary N) is 1. The molecule has 1 atom stereocenters. The molecule has 0 rings (SSSR count). The summed E-state index contributed by atoms with van der Waals surface area (Å²) in [6, 6.07) is 0.641. The van der Waals surface area contributed by atoms with Crippen molar-refractivity contribution in [2.45, 2.75) is 46.2 Å². The van der Waals surface area contributed by atoms with E-state index in [4.69, 9.17) is 5.73 Å². The van der Waals surface area contributed by atoms with Crippen LogP contribution in [0.2, 0.25) is 0 Å². The molecule has 0 radical (unpaired) electrons. The number of carbonyl (C=O) groups is 1. The van der Waals surface area contributed by atoms with Gasteiger partial charge in [0.2, 0.25) is 5.91 Å². The van der Waals surface area contributed by atoms with Crippen molar-refractivity contribution in [2.24, 2.45) is 5.73 Å². The summed E-state index contributed by atoms with van der Waals surface area (Å²) in [7, 11) is 6.03. The summed E-state index contributed by atoms with van der Waals surface area (Å²) in [5.74, 6) is -0.232. The number of hydrogen-bond acceptors (Lipinski definition) is 3. The summed E-state index contributed by atoms with van der Waals surface area (Å²) in [4.78, 5) is 15.2.